The van der Waals surface area contributed by atoms with Crippen LogP contribution in [0.15, 0.2) is 54.6 Å². The number of carbonyl (C=O) groups is 1. The predicted molar refractivity (Wildman–Crippen MR) is 115 cm³/mol. The molecule has 0 radical (unpaired) electrons. The summed E-state index contributed by atoms with van der Waals surface area (Å²) < 4.78 is 5.47. The van der Waals surface area contributed by atoms with E-state index in [1.54, 1.807) is 0 Å². The molecule has 0 aliphatic carbocycles. The SMILES string of the molecule is CC(C)(C)OC(=O)N1CCC(Nc2ccc(CCc3ccccc3)cc2)CC1. The van der Waals surface area contributed by atoms with Crippen LogP contribution in [0.1, 0.15) is 44.7 Å². The fraction of sp³-hybridized carbons (Fsp3) is 0.458. The van der Waals surface area contributed by atoms with Crippen molar-refractivity contribution in [1.82, 2.24) is 4.90 Å². The molecular formula is C24H32N2O2. The molecule has 4 nitrogen and oxygen atoms in total. The topological polar surface area (TPSA) is 41.6 Å². The van der Waals surface area contributed by atoms with E-state index < -0.39 is 5.60 Å². The molecule has 1 amide bonds. The van der Waals surface area contributed by atoms with Gasteiger partial charge >= 0.3 is 6.09 Å². The lowest BCUT2D eigenvalue weighted by Gasteiger charge is -2.34. The second kappa shape index (κ2) is 9.13. The van der Waals surface area contributed by atoms with Crippen molar-refractivity contribution in [3.05, 3.63) is 65.7 Å². The van der Waals surface area contributed by atoms with Crippen molar-refractivity contribution in [3.63, 3.8) is 0 Å². The van der Waals surface area contributed by atoms with Crippen LogP contribution in [0.3, 0.4) is 0 Å². The molecule has 1 aliphatic rings. The number of amides is 1. The van der Waals surface area contributed by atoms with Crippen molar-refractivity contribution >= 4 is 11.8 Å². The first-order valence-corrected chi connectivity index (χ1v) is 10.3. The molecule has 0 atom stereocenters. The van der Waals surface area contributed by atoms with Gasteiger partial charge in [0.2, 0.25) is 0 Å². The lowest BCUT2D eigenvalue weighted by molar-refractivity contribution is 0.0210. The largest absolute Gasteiger partial charge is 0.444 e. The van der Waals surface area contributed by atoms with Gasteiger partial charge in [0.1, 0.15) is 5.60 Å². The molecule has 1 aliphatic heterocycles. The molecule has 3 rings (SSSR count). The van der Waals surface area contributed by atoms with Crippen molar-refractivity contribution in [2.45, 2.75) is 58.1 Å². The average molecular weight is 381 g/mol. The summed E-state index contributed by atoms with van der Waals surface area (Å²) in [7, 11) is 0. The van der Waals surface area contributed by atoms with E-state index in [4.69, 9.17) is 4.74 Å². The molecule has 1 N–H and O–H groups in total. The smallest absolute Gasteiger partial charge is 0.410 e. The number of nitrogens with zero attached hydrogens (tertiary/aromatic N) is 1. The molecule has 2 aromatic rings. The summed E-state index contributed by atoms with van der Waals surface area (Å²) in [4.78, 5) is 14.0. The fourth-order valence-corrected chi connectivity index (χ4v) is 3.47. The minimum Gasteiger partial charge on any atom is -0.444 e. The zero-order valence-electron chi connectivity index (χ0n) is 17.3. The zero-order valence-corrected chi connectivity index (χ0v) is 17.3. The summed E-state index contributed by atoms with van der Waals surface area (Å²) in [5.41, 5.74) is 3.45. The number of carbonyl (C=O) groups excluding carboxylic acids is 1. The molecule has 28 heavy (non-hydrogen) atoms. The van der Waals surface area contributed by atoms with Gasteiger partial charge in [-0.25, -0.2) is 4.79 Å². The second-order valence-corrected chi connectivity index (χ2v) is 8.57. The number of likely N-dealkylation sites (tertiary alicyclic amines) is 1. The van der Waals surface area contributed by atoms with Gasteiger partial charge in [0, 0.05) is 24.8 Å². The van der Waals surface area contributed by atoms with Crippen LogP contribution in [0, 0.1) is 0 Å². The molecule has 0 spiro atoms. The van der Waals surface area contributed by atoms with Crippen molar-refractivity contribution in [2.24, 2.45) is 0 Å². The van der Waals surface area contributed by atoms with Crippen LogP contribution < -0.4 is 5.32 Å². The van der Waals surface area contributed by atoms with E-state index in [9.17, 15) is 4.79 Å². The minimum absolute atomic E-state index is 0.200. The van der Waals surface area contributed by atoms with E-state index in [1.165, 1.54) is 11.1 Å². The fourth-order valence-electron chi connectivity index (χ4n) is 3.47. The highest BCUT2D eigenvalue weighted by molar-refractivity contribution is 5.68. The number of piperidine rings is 1. The Balaban J connectivity index is 1.43. The Labute approximate surface area is 168 Å². The van der Waals surface area contributed by atoms with E-state index in [0.29, 0.717) is 6.04 Å². The van der Waals surface area contributed by atoms with Crippen LogP contribution in [-0.4, -0.2) is 35.7 Å². The number of nitrogens with one attached hydrogen (secondary N) is 1. The summed E-state index contributed by atoms with van der Waals surface area (Å²) in [6.07, 6.45) is 3.80. The van der Waals surface area contributed by atoms with Gasteiger partial charge in [0.05, 0.1) is 0 Å². The van der Waals surface area contributed by atoms with Crippen molar-refractivity contribution in [3.8, 4) is 0 Å². The average Bonchev–Trinajstić information content (AvgIpc) is 2.67. The molecule has 0 bridgehead atoms. The lowest BCUT2D eigenvalue weighted by Crippen LogP contribution is -2.44. The summed E-state index contributed by atoms with van der Waals surface area (Å²) in [6.45, 7) is 7.19. The summed E-state index contributed by atoms with van der Waals surface area (Å²) in [6, 6.07) is 19.8. The van der Waals surface area contributed by atoms with E-state index in [0.717, 1.165) is 44.5 Å². The normalized spacial score (nSPS) is 15.3. The highest BCUT2D eigenvalue weighted by Gasteiger charge is 2.26. The Hall–Kier alpha value is -2.49. The van der Waals surface area contributed by atoms with Crippen LogP contribution in [0.25, 0.3) is 0 Å². The minimum atomic E-state index is -0.436. The number of hydrogen-bond donors (Lipinski definition) is 1. The third-order valence-corrected chi connectivity index (χ3v) is 5.02. The maximum absolute atomic E-state index is 12.2. The van der Waals surface area contributed by atoms with Gasteiger partial charge in [-0.15, -0.1) is 0 Å². The maximum Gasteiger partial charge on any atom is 0.410 e. The Morgan fingerprint density at radius 2 is 1.54 bits per heavy atom. The molecule has 2 aromatic carbocycles. The first-order valence-electron chi connectivity index (χ1n) is 10.3. The summed E-state index contributed by atoms with van der Waals surface area (Å²) in [5, 5.41) is 3.61. The highest BCUT2D eigenvalue weighted by atomic mass is 16.6. The van der Waals surface area contributed by atoms with Crippen molar-refractivity contribution in [2.75, 3.05) is 18.4 Å². The first-order chi connectivity index (χ1) is 13.4. The first kappa shape index (κ1) is 20.2. The predicted octanol–water partition coefficient (Wildman–Crippen LogP) is 5.28. The number of benzene rings is 2. The number of hydrogen-bond acceptors (Lipinski definition) is 3. The molecular weight excluding hydrogens is 348 g/mol. The van der Waals surface area contributed by atoms with Crippen molar-refractivity contribution < 1.29 is 9.53 Å². The Morgan fingerprint density at radius 3 is 2.11 bits per heavy atom. The van der Waals surface area contributed by atoms with Gasteiger partial charge in [-0.3, -0.25) is 0 Å². The Bertz CT molecular complexity index is 742. The summed E-state index contributed by atoms with van der Waals surface area (Å²) in [5.74, 6) is 0. The van der Waals surface area contributed by atoms with Crippen LogP contribution in [-0.2, 0) is 17.6 Å². The molecule has 0 unspecified atom stereocenters. The van der Waals surface area contributed by atoms with Gasteiger partial charge < -0.3 is 15.0 Å². The zero-order chi connectivity index (χ0) is 20.0. The molecule has 1 fully saturated rings. The van der Waals surface area contributed by atoms with Gasteiger partial charge in [0.25, 0.3) is 0 Å². The number of ether oxygens (including phenoxy) is 1. The van der Waals surface area contributed by atoms with Crippen molar-refractivity contribution in [1.29, 1.82) is 0 Å². The quantitative estimate of drug-likeness (QED) is 0.767. The van der Waals surface area contributed by atoms with E-state index in [2.05, 4.69) is 59.9 Å². The van der Waals surface area contributed by atoms with E-state index in [1.807, 2.05) is 25.7 Å². The van der Waals surface area contributed by atoms with E-state index in [-0.39, 0.29) is 6.09 Å². The molecule has 1 saturated heterocycles. The molecule has 0 saturated carbocycles. The molecule has 1 heterocycles. The van der Waals surface area contributed by atoms with Gasteiger partial charge in [-0.2, -0.15) is 0 Å². The Morgan fingerprint density at radius 1 is 0.964 bits per heavy atom. The van der Waals surface area contributed by atoms with E-state index >= 15 is 0 Å². The van der Waals surface area contributed by atoms with Crippen LogP contribution in [0.5, 0.6) is 0 Å². The van der Waals surface area contributed by atoms with Crippen LogP contribution in [0.4, 0.5) is 10.5 Å². The maximum atomic E-state index is 12.2. The highest BCUT2D eigenvalue weighted by Crippen LogP contribution is 2.20. The molecule has 4 heteroatoms. The second-order valence-electron chi connectivity index (χ2n) is 8.57. The van der Waals surface area contributed by atoms with Crippen LogP contribution in [0.2, 0.25) is 0 Å². The van der Waals surface area contributed by atoms with Gasteiger partial charge in [0.15, 0.2) is 0 Å². The number of rotatable bonds is 5. The third-order valence-electron chi connectivity index (χ3n) is 5.02. The molecule has 0 aromatic heterocycles. The molecule has 150 valence electrons. The van der Waals surface area contributed by atoms with Crippen LogP contribution >= 0.6 is 0 Å². The third kappa shape index (κ3) is 6.29. The number of anilines is 1. The number of aryl methyl sites for hydroxylation is 2. The standard InChI is InChI=1S/C24H32N2O2/c1-24(2,3)28-23(27)26-17-15-22(16-18-26)25-21-13-11-20(12-14-21)10-9-19-7-5-4-6-8-19/h4-8,11-14,22,25H,9-10,15-18H2,1-3H3. The summed E-state index contributed by atoms with van der Waals surface area (Å²) >= 11 is 0. The Kier molecular flexibility index (Phi) is 6.61. The van der Waals surface area contributed by atoms with Gasteiger partial charge in [-0.05, 0) is 69.7 Å². The monoisotopic (exact) mass is 380 g/mol. The van der Waals surface area contributed by atoms with Gasteiger partial charge in [-0.1, -0.05) is 42.5 Å². The lowest BCUT2D eigenvalue weighted by atomic mass is 10.0.